The minimum Gasteiger partial charge on any atom is -0.494 e. The summed E-state index contributed by atoms with van der Waals surface area (Å²) in [5.74, 6) is -0.116. The van der Waals surface area contributed by atoms with Crippen LogP contribution in [-0.4, -0.2) is 7.11 Å². The van der Waals surface area contributed by atoms with E-state index < -0.39 is 0 Å². The van der Waals surface area contributed by atoms with E-state index in [0.29, 0.717) is 6.42 Å². The predicted octanol–water partition coefficient (Wildman–Crippen LogP) is 4.66. The van der Waals surface area contributed by atoms with Crippen LogP contribution in [0.1, 0.15) is 17.2 Å². The van der Waals surface area contributed by atoms with Crippen molar-refractivity contribution in [3.8, 4) is 5.75 Å². The summed E-state index contributed by atoms with van der Waals surface area (Å²) in [4.78, 5) is 0. The number of rotatable bonds is 4. The van der Waals surface area contributed by atoms with Gasteiger partial charge >= 0.3 is 0 Å². The van der Waals surface area contributed by atoms with Crippen LogP contribution in [0.4, 0.5) is 4.39 Å². The molecule has 0 aliphatic carbocycles. The maximum atomic E-state index is 13.6. The molecule has 1 heterocycles. The molecule has 19 heavy (non-hydrogen) atoms. The molecule has 102 valence electrons. The molecule has 0 bridgehead atoms. The summed E-state index contributed by atoms with van der Waals surface area (Å²) in [7, 11) is 1.45. The van der Waals surface area contributed by atoms with Crippen molar-refractivity contribution in [1.82, 2.24) is 0 Å². The van der Waals surface area contributed by atoms with Crippen molar-refractivity contribution in [3.63, 3.8) is 0 Å². The first-order chi connectivity index (χ1) is 9.01. The molecule has 1 atom stereocenters. The molecule has 2 nitrogen and oxygen atoms in total. The summed E-state index contributed by atoms with van der Waals surface area (Å²) >= 11 is 8.48. The van der Waals surface area contributed by atoms with Gasteiger partial charge in [-0.05, 0) is 67.6 Å². The Hall–Kier alpha value is -0.430. The Morgan fingerprint density at radius 1 is 1.37 bits per heavy atom. The number of thiophene rings is 1. The van der Waals surface area contributed by atoms with E-state index in [0.717, 1.165) is 18.7 Å². The second-order valence-electron chi connectivity index (χ2n) is 4.06. The SMILES string of the molecule is COc1ccc(CC(N)c2cc(Br)sc2Br)cc1F. The lowest BCUT2D eigenvalue weighted by molar-refractivity contribution is 0.386. The number of hydrogen-bond donors (Lipinski definition) is 1. The van der Waals surface area contributed by atoms with E-state index in [-0.39, 0.29) is 17.6 Å². The Bertz CT molecular complexity index is 588. The molecular weight excluding hydrogens is 397 g/mol. The van der Waals surface area contributed by atoms with Crippen LogP contribution in [0.15, 0.2) is 31.8 Å². The second-order valence-corrected chi connectivity index (χ2v) is 7.81. The summed E-state index contributed by atoms with van der Waals surface area (Å²) in [5, 5.41) is 0. The van der Waals surface area contributed by atoms with Crippen molar-refractivity contribution in [2.24, 2.45) is 5.73 Å². The zero-order valence-electron chi connectivity index (χ0n) is 10.1. The molecule has 2 rings (SSSR count). The van der Waals surface area contributed by atoms with Gasteiger partial charge in [-0.25, -0.2) is 4.39 Å². The maximum Gasteiger partial charge on any atom is 0.165 e. The molecule has 0 fully saturated rings. The first kappa shape index (κ1) is 15.0. The molecule has 2 N–H and O–H groups in total. The fourth-order valence-electron chi connectivity index (χ4n) is 1.81. The molecule has 0 radical (unpaired) electrons. The van der Waals surface area contributed by atoms with Gasteiger partial charge < -0.3 is 10.5 Å². The topological polar surface area (TPSA) is 35.2 Å². The molecule has 0 saturated heterocycles. The van der Waals surface area contributed by atoms with E-state index in [9.17, 15) is 4.39 Å². The maximum absolute atomic E-state index is 13.6. The van der Waals surface area contributed by atoms with E-state index in [1.807, 2.05) is 12.1 Å². The number of benzene rings is 1. The third-order valence-corrected chi connectivity index (χ3v) is 5.14. The minimum absolute atomic E-state index is 0.176. The third kappa shape index (κ3) is 3.56. The lowest BCUT2D eigenvalue weighted by Gasteiger charge is -2.12. The fraction of sp³-hybridized carbons (Fsp3) is 0.231. The molecule has 1 unspecified atom stereocenters. The standard InChI is InChI=1S/C13H12Br2FNOS/c1-18-11-3-2-7(4-9(11)16)5-10(17)8-6-12(14)19-13(8)15/h2-4,6,10H,5,17H2,1H3. The molecule has 0 saturated carbocycles. The van der Waals surface area contributed by atoms with Gasteiger partial charge in [-0.2, -0.15) is 0 Å². The molecule has 0 spiro atoms. The van der Waals surface area contributed by atoms with Gasteiger partial charge in [-0.15, -0.1) is 11.3 Å². The van der Waals surface area contributed by atoms with Crippen LogP contribution < -0.4 is 10.5 Å². The second kappa shape index (κ2) is 6.35. The molecule has 6 heteroatoms. The monoisotopic (exact) mass is 407 g/mol. The molecule has 1 aromatic carbocycles. The quantitative estimate of drug-likeness (QED) is 0.798. The number of ether oxygens (including phenoxy) is 1. The Morgan fingerprint density at radius 3 is 2.63 bits per heavy atom. The molecule has 2 aromatic rings. The lowest BCUT2D eigenvalue weighted by Crippen LogP contribution is -2.13. The van der Waals surface area contributed by atoms with Crippen molar-refractivity contribution in [1.29, 1.82) is 0 Å². The van der Waals surface area contributed by atoms with Crippen molar-refractivity contribution in [3.05, 3.63) is 48.8 Å². The van der Waals surface area contributed by atoms with Gasteiger partial charge in [0.05, 0.1) is 14.7 Å². The highest BCUT2D eigenvalue weighted by Gasteiger charge is 2.15. The Labute approximate surface area is 132 Å². The average molecular weight is 409 g/mol. The number of nitrogens with two attached hydrogens (primary N) is 1. The van der Waals surface area contributed by atoms with Crippen LogP contribution in [0.25, 0.3) is 0 Å². The Balaban J connectivity index is 2.17. The third-order valence-electron chi connectivity index (χ3n) is 2.75. The van der Waals surface area contributed by atoms with Gasteiger partial charge in [0.25, 0.3) is 0 Å². The summed E-state index contributed by atoms with van der Waals surface area (Å²) < 4.78 is 20.5. The summed E-state index contributed by atoms with van der Waals surface area (Å²) in [6.45, 7) is 0. The van der Waals surface area contributed by atoms with E-state index in [1.165, 1.54) is 13.2 Å². The molecule has 1 aromatic heterocycles. The van der Waals surface area contributed by atoms with Gasteiger partial charge in [0.2, 0.25) is 0 Å². The van der Waals surface area contributed by atoms with Crippen molar-refractivity contribution in [2.45, 2.75) is 12.5 Å². The van der Waals surface area contributed by atoms with Gasteiger partial charge in [0.1, 0.15) is 0 Å². The largest absolute Gasteiger partial charge is 0.494 e. The molecule has 0 amide bonds. The van der Waals surface area contributed by atoms with Crippen LogP contribution in [0.3, 0.4) is 0 Å². The first-order valence-corrected chi connectivity index (χ1v) is 7.94. The van der Waals surface area contributed by atoms with Crippen LogP contribution in [-0.2, 0) is 6.42 Å². The van der Waals surface area contributed by atoms with Crippen LogP contribution in [0, 0.1) is 5.82 Å². The van der Waals surface area contributed by atoms with E-state index in [4.69, 9.17) is 10.5 Å². The first-order valence-electron chi connectivity index (χ1n) is 5.54. The number of halogens is 3. The van der Waals surface area contributed by atoms with Crippen LogP contribution in [0.5, 0.6) is 5.75 Å². The Morgan fingerprint density at radius 2 is 2.11 bits per heavy atom. The number of methoxy groups -OCH3 is 1. The fourth-order valence-corrected chi connectivity index (χ4v) is 4.81. The van der Waals surface area contributed by atoms with Crippen LogP contribution in [0.2, 0.25) is 0 Å². The smallest absolute Gasteiger partial charge is 0.165 e. The van der Waals surface area contributed by atoms with E-state index in [2.05, 4.69) is 31.9 Å². The van der Waals surface area contributed by atoms with E-state index >= 15 is 0 Å². The number of hydrogen-bond acceptors (Lipinski definition) is 3. The molecule has 0 aliphatic rings. The van der Waals surface area contributed by atoms with Crippen molar-refractivity contribution < 1.29 is 9.13 Å². The highest BCUT2D eigenvalue weighted by atomic mass is 79.9. The highest BCUT2D eigenvalue weighted by molar-refractivity contribution is 9.12. The summed E-state index contributed by atoms with van der Waals surface area (Å²) in [5.41, 5.74) is 8.03. The Kier molecular flexibility index (Phi) is 5.00. The zero-order valence-corrected chi connectivity index (χ0v) is 14.1. The van der Waals surface area contributed by atoms with Crippen LogP contribution >= 0.6 is 43.2 Å². The average Bonchev–Trinajstić information content (AvgIpc) is 2.69. The minimum atomic E-state index is -0.363. The van der Waals surface area contributed by atoms with Gasteiger partial charge in [0, 0.05) is 6.04 Å². The molecular formula is C13H12Br2FNOS. The molecule has 0 aliphatic heterocycles. The lowest BCUT2D eigenvalue weighted by atomic mass is 10.0. The summed E-state index contributed by atoms with van der Waals surface area (Å²) in [6, 6.07) is 6.73. The van der Waals surface area contributed by atoms with Gasteiger partial charge in [0.15, 0.2) is 11.6 Å². The summed E-state index contributed by atoms with van der Waals surface area (Å²) in [6.07, 6.45) is 0.572. The van der Waals surface area contributed by atoms with Crippen molar-refractivity contribution >= 4 is 43.2 Å². The van der Waals surface area contributed by atoms with Gasteiger partial charge in [-0.1, -0.05) is 6.07 Å². The predicted molar refractivity (Wildman–Crippen MR) is 83.3 cm³/mol. The normalized spacial score (nSPS) is 12.5. The zero-order chi connectivity index (χ0) is 14.0. The highest BCUT2D eigenvalue weighted by Crippen LogP contribution is 2.35. The van der Waals surface area contributed by atoms with Crippen molar-refractivity contribution in [2.75, 3.05) is 7.11 Å². The van der Waals surface area contributed by atoms with Gasteiger partial charge in [-0.3, -0.25) is 0 Å². The van der Waals surface area contributed by atoms with E-state index in [1.54, 1.807) is 17.4 Å².